The number of carbonyl (C=O) groups is 1. The van der Waals surface area contributed by atoms with Crippen molar-refractivity contribution in [1.29, 1.82) is 0 Å². The summed E-state index contributed by atoms with van der Waals surface area (Å²) in [5.41, 5.74) is 1.24. The van der Waals surface area contributed by atoms with E-state index in [0.29, 0.717) is 16.9 Å². The highest BCUT2D eigenvalue weighted by molar-refractivity contribution is 5.96. The van der Waals surface area contributed by atoms with Crippen LogP contribution in [0, 0.1) is 17.0 Å². The molecule has 0 saturated carbocycles. The van der Waals surface area contributed by atoms with E-state index in [0.717, 1.165) is 11.6 Å². The zero-order valence-electron chi connectivity index (χ0n) is 11.5. The highest BCUT2D eigenvalue weighted by atomic mass is 16.6. The first-order chi connectivity index (χ1) is 9.93. The van der Waals surface area contributed by atoms with Crippen LogP contribution in [0.3, 0.4) is 0 Å². The Bertz CT molecular complexity index is 724. The van der Waals surface area contributed by atoms with Gasteiger partial charge in [-0.05, 0) is 30.7 Å². The molecule has 0 aliphatic heterocycles. The summed E-state index contributed by atoms with van der Waals surface area (Å²) in [6.07, 6.45) is 0. The predicted octanol–water partition coefficient (Wildman–Crippen LogP) is 1.94. The third-order valence-electron chi connectivity index (χ3n) is 3.08. The van der Waals surface area contributed by atoms with E-state index in [1.165, 1.54) is 19.2 Å². The quantitative estimate of drug-likeness (QED) is 0.632. The third-order valence-corrected chi connectivity index (χ3v) is 3.08. The van der Waals surface area contributed by atoms with Crippen LogP contribution in [0.25, 0.3) is 11.1 Å². The number of aromatic carboxylic acids is 1. The van der Waals surface area contributed by atoms with E-state index >= 15 is 0 Å². The molecule has 0 aromatic heterocycles. The molecule has 0 aliphatic rings. The van der Waals surface area contributed by atoms with Crippen LogP contribution in [0.15, 0.2) is 36.4 Å². The summed E-state index contributed by atoms with van der Waals surface area (Å²) >= 11 is 0. The van der Waals surface area contributed by atoms with E-state index in [1.54, 1.807) is 12.1 Å². The number of aryl methyl sites for hydroxylation is 1. The van der Waals surface area contributed by atoms with Gasteiger partial charge >= 0.3 is 0 Å². The molecular formula is C15H12NO5-. The van der Waals surface area contributed by atoms with Gasteiger partial charge in [-0.15, -0.1) is 0 Å². The number of carboxylic acid groups (broad SMARTS) is 1. The number of benzene rings is 2. The summed E-state index contributed by atoms with van der Waals surface area (Å²) in [6, 6.07) is 8.93. The summed E-state index contributed by atoms with van der Waals surface area (Å²) in [4.78, 5) is 21.4. The lowest BCUT2D eigenvalue weighted by atomic mass is 9.97. The first kappa shape index (κ1) is 14.5. The van der Waals surface area contributed by atoms with Gasteiger partial charge in [0.15, 0.2) is 0 Å². The molecule has 6 nitrogen and oxygen atoms in total. The number of hydrogen-bond donors (Lipinski definition) is 0. The van der Waals surface area contributed by atoms with Crippen molar-refractivity contribution in [3.63, 3.8) is 0 Å². The van der Waals surface area contributed by atoms with Crippen molar-refractivity contribution in [3.8, 4) is 16.9 Å². The standard InChI is InChI=1S/C15H13NO5/c1-9-3-6-14(21-2)12(7-9)11-5-4-10(16(19)20)8-13(11)15(17)18/h3-8H,1-2H3,(H,17,18)/p-1. The number of hydrogen-bond acceptors (Lipinski definition) is 5. The number of nitro groups is 1. The monoisotopic (exact) mass is 286 g/mol. The van der Waals surface area contributed by atoms with Crippen molar-refractivity contribution in [2.45, 2.75) is 6.92 Å². The molecule has 0 atom stereocenters. The smallest absolute Gasteiger partial charge is 0.270 e. The van der Waals surface area contributed by atoms with Crippen molar-refractivity contribution in [2.24, 2.45) is 0 Å². The predicted molar refractivity (Wildman–Crippen MR) is 74.2 cm³/mol. The minimum atomic E-state index is -1.47. The van der Waals surface area contributed by atoms with Gasteiger partial charge in [0, 0.05) is 23.3 Å². The maximum Gasteiger partial charge on any atom is 0.270 e. The number of nitro benzene ring substituents is 1. The normalized spacial score (nSPS) is 10.2. The Balaban J connectivity index is 2.71. The summed E-state index contributed by atoms with van der Waals surface area (Å²) in [5, 5.41) is 22.0. The van der Waals surface area contributed by atoms with Gasteiger partial charge in [0.1, 0.15) is 5.75 Å². The fourth-order valence-corrected chi connectivity index (χ4v) is 2.08. The Labute approximate surface area is 120 Å². The van der Waals surface area contributed by atoms with E-state index in [1.807, 2.05) is 13.0 Å². The van der Waals surface area contributed by atoms with Gasteiger partial charge in [0.2, 0.25) is 0 Å². The molecule has 0 bridgehead atoms. The van der Waals surface area contributed by atoms with E-state index < -0.39 is 10.9 Å². The number of methoxy groups -OCH3 is 1. The molecule has 0 radical (unpaired) electrons. The molecule has 6 heteroatoms. The van der Waals surface area contributed by atoms with Crippen LogP contribution in [0.5, 0.6) is 5.75 Å². The van der Waals surface area contributed by atoms with Crippen LogP contribution in [-0.2, 0) is 0 Å². The molecule has 2 aromatic carbocycles. The minimum absolute atomic E-state index is 0.242. The molecule has 0 spiro atoms. The summed E-state index contributed by atoms with van der Waals surface area (Å²) in [6.45, 7) is 1.85. The van der Waals surface area contributed by atoms with Crippen molar-refractivity contribution in [2.75, 3.05) is 7.11 Å². The molecule has 2 rings (SSSR count). The number of nitrogens with zero attached hydrogens (tertiary/aromatic N) is 1. The number of carbonyl (C=O) groups excluding carboxylic acids is 1. The van der Waals surface area contributed by atoms with Gasteiger partial charge < -0.3 is 14.6 Å². The molecule has 0 unspecified atom stereocenters. The molecule has 0 amide bonds. The maximum absolute atomic E-state index is 11.3. The summed E-state index contributed by atoms with van der Waals surface area (Å²) in [7, 11) is 1.47. The van der Waals surface area contributed by atoms with Crippen molar-refractivity contribution in [1.82, 2.24) is 0 Å². The van der Waals surface area contributed by atoms with Gasteiger partial charge in [0.25, 0.3) is 5.69 Å². The average molecular weight is 286 g/mol. The number of rotatable bonds is 4. The lowest BCUT2D eigenvalue weighted by Crippen LogP contribution is -2.23. The van der Waals surface area contributed by atoms with E-state index in [2.05, 4.69) is 0 Å². The summed E-state index contributed by atoms with van der Waals surface area (Å²) < 4.78 is 5.22. The molecule has 2 aromatic rings. The first-order valence-electron chi connectivity index (χ1n) is 6.09. The molecule has 108 valence electrons. The van der Waals surface area contributed by atoms with Crippen molar-refractivity contribution >= 4 is 11.7 Å². The molecule has 0 aliphatic carbocycles. The number of ether oxygens (including phenoxy) is 1. The Kier molecular flexibility index (Phi) is 3.89. The molecule has 0 fully saturated rings. The largest absolute Gasteiger partial charge is 0.545 e. The first-order valence-corrected chi connectivity index (χ1v) is 6.09. The fourth-order valence-electron chi connectivity index (χ4n) is 2.08. The van der Waals surface area contributed by atoms with Gasteiger partial charge in [0.05, 0.1) is 18.0 Å². The second-order valence-electron chi connectivity index (χ2n) is 4.48. The zero-order valence-corrected chi connectivity index (χ0v) is 11.5. The molecule has 21 heavy (non-hydrogen) atoms. The van der Waals surface area contributed by atoms with Gasteiger partial charge in [-0.1, -0.05) is 11.6 Å². The Morgan fingerprint density at radius 3 is 2.43 bits per heavy atom. The van der Waals surface area contributed by atoms with Crippen molar-refractivity contribution < 1.29 is 19.6 Å². The Hall–Kier alpha value is -2.89. The van der Waals surface area contributed by atoms with Gasteiger partial charge in [-0.3, -0.25) is 10.1 Å². The van der Waals surface area contributed by atoms with E-state index in [4.69, 9.17) is 4.74 Å². The lowest BCUT2D eigenvalue weighted by Gasteiger charge is -2.14. The molecular weight excluding hydrogens is 274 g/mol. The molecule has 0 N–H and O–H groups in total. The van der Waals surface area contributed by atoms with Crippen LogP contribution in [-0.4, -0.2) is 18.0 Å². The Morgan fingerprint density at radius 2 is 1.86 bits per heavy atom. The van der Waals surface area contributed by atoms with Crippen LogP contribution in [0.2, 0.25) is 0 Å². The van der Waals surface area contributed by atoms with Gasteiger partial charge in [-0.25, -0.2) is 0 Å². The van der Waals surface area contributed by atoms with Crippen LogP contribution in [0.1, 0.15) is 15.9 Å². The highest BCUT2D eigenvalue weighted by Gasteiger charge is 2.15. The number of non-ortho nitro benzene ring substituents is 1. The molecule has 0 heterocycles. The topological polar surface area (TPSA) is 92.5 Å². The lowest BCUT2D eigenvalue weighted by molar-refractivity contribution is -0.385. The molecule has 0 saturated heterocycles. The van der Waals surface area contributed by atoms with E-state index in [9.17, 15) is 20.0 Å². The van der Waals surface area contributed by atoms with Crippen LogP contribution in [0.4, 0.5) is 5.69 Å². The van der Waals surface area contributed by atoms with Crippen LogP contribution < -0.4 is 9.84 Å². The average Bonchev–Trinajstić information content (AvgIpc) is 2.46. The van der Waals surface area contributed by atoms with Gasteiger partial charge in [-0.2, -0.15) is 0 Å². The fraction of sp³-hybridized carbons (Fsp3) is 0.133. The van der Waals surface area contributed by atoms with Crippen molar-refractivity contribution in [3.05, 3.63) is 57.6 Å². The highest BCUT2D eigenvalue weighted by Crippen LogP contribution is 2.34. The number of carboxylic acids is 1. The summed E-state index contributed by atoms with van der Waals surface area (Å²) in [5.74, 6) is -0.991. The second-order valence-corrected chi connectivity index (χ2v) is 4.48. The maximum atomic E-state index is 11.3. The van der Waals surface area contributed by atoms with E-state index in [-0.39, 0.29) is 11.3 Å². The minimum Gasteiger partial charge on any atom is -0.545 e. The SMILES string of the molecule is COc1ccc(C)cc1-c1ccc([N+](=O)[O-])cc1C(=O)[O-]. The zero-order chi connectivity index (χ0) is 15.6. The third kappa shape index (κ3) is 2.84. The second kappa shape index (κ2) is 5.62. The Morgan fingerprint density at radius 1 is 1.14 bits per heavy atom. The van der Waals surface area contributed by atoms with Crippen LogP contribution >= 0.6 is 0 Å².